The number of ether oxygens (including phenoxy) is 1. The van der Waals surface area contributed by atoms with Gasteiger partial charge in [-0.2, -0.15) is 5.10 Å². The van der Waals surface area contributed by atoms with Gasteiger partial charge in [-0.15, -0.1) is 0 Å². The van der Waals surface area contributed by atoms with Crippen LogP contribution in [0.5, 0.6) is 0 Å². The fraction of sp³-hybridized carbons (Fsp3) is 0.750. The molecule has 0 aliphatic heterocycles. The Morgan fingerprint density at radius 3 is 2.81 bits per heavy atom. The van der Waals surface area contributed by atoms with Crippen molar-refractivity contribution in [3.8, 4) is 0 Å². The first-order valence-electron chi connectivity index (χ1n) is 5.87. The molecule has 1 aromatic heterocycles. The van der Waals surface area contributed by atoms with Gasteiger partial charge in [-0.05, 0) is 38.8 Å². The third kappa shape index (κ3) is 4.33. The summed E-state index contributed by atoms with van der Waals surface area (Å²) in [5.41, 5.74) is 1.30. The normalized spacial score (nSPS) is 15.0. The maximum atomic E-state index is 5.25. The van der Waals surface area contributed by atoms with Crippen LogP contribution < -0.4 is 5.32 Å². The van der Waals surface area contributed by atoms with Crippen LogP contribution in [0.3, 0.4) is 0 Å². The number of methoxy groups -OCH3 is 1. The highest BCUT2D eigenvalue weighted by atomic mass is 16.5. The Morgan fingerprint density at radius 2 is 2.25 bits per heavy atom. The van der Waals surface area contributed by atoms with Gasteiger partial charge in [0.05, 0.1) is 12.3 Å². The van der Waals surface area contributed by atoms with Gasteiger partial charge in [0.1, 0.15) is 0 Å². The highest BCUT2D eigenvalue weighted by Gasteiger charge is 2.09. The van der Waals surface area contributed by atoms with Gasteiger partial charge >= 0.3 is 0 Å². The van der Waals surface area contributed by atoms with Gasteiger partial charge in [0, 0.05) is 26.4 Å². The van der Waals surface area contributed by atoms with E-state index in [0.717, 1.165) is 19.4 Å². The summed E-state index contributed by atoms with van der Waals surface area (Å²) in [7, 11) is 3.70. The molecular formula is C12H23N3O. The number of hydrogen-bond acceptors (Lipinski definition) is 3. The van der Waals surface area contributed by atoms with Gasteiger partial charge in [-0.25, -0.2) is 0 Å². The average Bonchev–Trinajstić information content (AvgIpc) is 2.69. The second kappa shape index (κ2) is 6.66. The molecule has 2 atom stereocenters. The van der Waals surface area contributed by atoms with E-state index >= 15 is 0 Å². The van der Waals surface area contributed by atoms with Crippen molar-refractivity contribution >= 4 is 0 Å². The molecule has 0 bridgehead atoms. The molecule has 0 aliphatic rings. The molecule has 0 radical (unpaired) electrons. The number of nitrogens with one attached hydrogen (secondary N) is 1. The van der Waals surface area contributed by atoms with Gasteiger partial charge in [-0.3, -0.25) is 4.68 Å². The third-order valence-electron chi connectivity index (χ3n) is 2.94. The van der Waals surface area contributed by atoms with Gasteiger partial charge in [0.2, 0.25) is 0 Å². The maximum absolute atomic E-state index is 5.25. The average molecular weight is 225 g/mol. The molecule has 1 aromatic rings. The van der Waals surface area contributed by atoms with Crippen LogP contribution in [0.15, 0.2) is 12.4 Å². The largest absolute Gasteiger partial charge is 0.380 e. The molecule has 2 unspecified atom stereocenters. The van der Waals surface area contributed by atoms with Crippen LogP contribution in [0.25, 0.3) is 0 Å². The van der Waals surface area contributed by atoms with Crippen LogP contribution in [0, 0.1) is 0 Å². The van der Waals surface area contributed by atoms with Crippen molar-refractivity contribution in [1.82, 2.24) is 15.1 Å². The van der Waals surface area contributed by atoms with Crippen molar-refractivity contribution in [3.05, 3.63) is 18.0 Å². The second-order valence-corrected chi connectivity index (χ2v) is 4.31. The lowest BCUT2D eigenvalue weighted by Crippen LogP contribution is -2.37. The molecule has 92 valence electrons. The van der Waals surface area contributed by atoms with E-state index in [0.29, 0.717) is 6.04 Å². The summed E-state index contributed by atoms with van der Waals surface area (Å²) >= 11 is 0. The first kappa shape index (κ1) is 13.2. The fourth-order valence-electron chi connectivity index (χ4n) is 1.59. The lowest BCUT2D eigenvalue weighted by Gasteiger charge is -2.19. The highest BCUT2D eigenvalue weighted by molar-refractivity contribution is 5.03. The van der Waals surface area contributed by atoms with Crippen molar-refractivity contribution in [1.29, 1.82) is 0 Å². The van der Waals surface area contributed by atoms with Crippen LogP contribution in [-0.4, -0.2) is 35.6 Å². The first-order valence-corrected chi connectivity index (χ1v) is 5.87. The number of nitrogens with zero attached hydrogens (tertiary/aromatic N) is 2. The highest BCUT2D eigenvalue weighted by Crippen LogP contribution is 2.01. The van der Waals surface area contributed by atoms with E-state index in [4.69, 9.17) is 4.74 Å². The Hall–Kier alpha value is -0.870. The molecule has 1 rings (SSSR count). The molecule has 0 saturated heterocycles. The number of rotatable bonds is 7. The standard InChI is InChI=1S/C12H23N3O/c1-10(11(2)16-4)13-7-5-6-12-8-14-15(3)9-12/h8-11,13H,5-7H2,1-4H3. The monoisotopic (exact) mass is 225 g/mol. The van der Waals surface area contributed by atoms with Crippen LogP contribution in [0.2, 0.25) is 0 Å². The molecule has 1 N–H and O–H groups in total. The molecule has 16 heavy (non-hydrogen) atoms. The molecule has 4 heteroatoms. The Labute approximate surface area is 98.0 Å². The molecule has 1 heterocycles. The Kier molecular flexibility index (Phi) is 5.49. The van der Waals surface area contributed by atoms with Gasteiger partial charge in [0.15, 0.2) is 0 Å². The summed E-state index contributed by atoms with van der Waals surface area (Å²) in [4.78, 5) is 0. The number of aryl methyl sites for hydroxylation is 2. The van der Waals surface area contributed by atoms with E-state index in [1.54, 1.807) is 7.11 Å². The zero-order valence-corrected chi connectivity index (χ0v) is 10.7. The van der Waals surface area contributed by atoms with Crippen molar-refractivity contribution in [2.75, 3.05) is 13.7 Å². The van der Waals surface area contributed by atoms with E-state index in [2.05, 4.69) is 30.5 Å². The zero-order chi connectivity index (χ0) is 12.0. The van der Waals surface area contributed by atoms with Crippen molar-refractivity contribution in [3.63, 3.8) is 0 Å². The topological polar surface area (TPSA) is 39.1 Å². The van der Waals surface area contributed by atoms with Crippen LogP contribution in [-0.2, 0) is 18.2 Å². The number of aromatic nitrogens is 2. The zero-order valence-electron chi connectivity index (χ0n) is 10.7. The Morgan fingerprint density at radius 1 is 1.50 bits per heavy atom. The summed E-state index contributed by atoms with van der Waals surface area (Å²) < 4.78 is 7.10. The fourth-order valence-corrected chi connectivity index (χ4v) is 1.59. The summed E-state index contributed by atoms with van der Waals surface area (Å²) in [6.07, 6.45) is 6.47. The van der Waals surface area contributed by atoms with Crippen LogP contribution in [0.4, 0.5) is 0 Å². The van der Waals surface area contributed by atoms with E-state index in [1.165, 1.54) is 5.56 Å². The second-order valence-electron chi connectivity index (χ2n) is 4.31. The van der Waals surface area contributed by atoms with Crippen LogP contribution >= 0.6 is 0 Å². The number of hydrogen-bond donors (Lipinski definition) is 1. The van der Waals surface area contributed by atoms with Crippen molar-refractivity contribution in [2.24, 2.45) is 7.05 Å². The molecular weight excluding hydrogens is 202 g/mol. The maximum Gasteiger partial charge on any atom is 0.0693 e. The molecule has 0 saturated carbocycles. The summed E-state index contributed by atoms with van der Waals surface area (Å²) in [6.45, 7) is 5.25. The first-order chi connectivity index (χ1) is 7.63. The third-order valence-corrected chi connectivity index (χ3v) is 2.94. The summed E-state index contributed by atoms with van der Waals surface area (Å²) in [6, 6.07) is 0.402. The van der Waals surface area contributed by atoms with Gasteiger partial charge in [0.25, 0.3) is 0 Å². The lowest BCUT2D eigenvalue weighted by atomic mass is 10.1. The quantitative estimate of drug-likeness (QED) is 0.712. The Balaban J connectivity index is 2.12. The van der Waals surface area contributed by atoms with Gasteiger partial charge < -0.3 is 10.1 Å². The predicted molar refractivity (Wildman–Crippen MR) is 65.5 cm³/mol. The minimum absolute atomic E-state index is 0.262. The van der Waals surface area contributed by atoms with Crippen molar-refractivity contribution < 1.29 is 4.74 Å². The molecule has 0 aromatic carbocycles. The SMILES string of the molecule is COC(C)C(C)NCCCc1cnn(C)c1. The molecule has 0 aliphatic carbocycles. The molecule has 0 fully saturated rings. The molecule has 4 nitrogen and oxygen atoms in total. The van der Waals surface area contributed by atoms with E-state index in [9.17, 15) is 0 Å². The summed E-state index contributed by atoms with van der Waals surface area (Å²) in [5.74, 6) is 0. The minimum atomic E-state index is 0.262. The van der Waals surface area contributed by atoms with E-state index < -0.39 is 0 Å². The lowest BCUT2D eigenvalue weighted by molar-refractivity contribution is 0.0888. The van der Waals surface area contributed by atoms with Crippen molar-refractivity contribution in [2.45, 2.75) is 38.8 Å². The smallest absolute Gasteiger partial charge is 0.0693 e. The Bertz CT molecular complexity index is 298. The summed E-state index contributed by atoms with van der Waals surface area (Å²) in [5, 5.41) is 7.61. The minimum Gasteiger partial charge on any atom is -0.380 e. The van der Waals surface area contributed by atoms with E-state index in [-0.39, 0.29) is 6.10 Å². The molecule has 0 spiro atoms. The van der Waals surface area contributed by atoms with Gasteiger partial charge in [-0.1, -0.05) is 0 Å². The van der Waals surface area contributed by atoms with Crippen LogP contribution in [0.1, 0.15) is 25.8 Å². The predicted octanol–water partition coefficient (Wildman–Crippen LogP) is 1.37. The van der Waals surface area contributed by atoms with E-state index in [1.807, 2.05) is 17.9 Å². The molecule has 0 amide bonds.